The van der Waals surface area contributed by atoms with Crippen LogP contribution in [0.2, 0.25) is 0 Å². The van der Waals surface area contributed by atoms with Crippen molar-refractivity contribution in [1.82, 2.24) is 10.4 Å². The molecular formula is C17H13N5O3S2. The molecule has 0 saturated heterocycles. The molecule has 2 aromatic heterocycles. The molecule has 3 N–H and O–H groups in total. The molecule has 0 spiro atoms. The van der Waals surface area contributed by atoms with Gasteiger partial charge in [0.25, 0.3) is 5.24 Å². The van der Waals surface area contributed by atoms with Crippen LogP contribution in [0.1, 0.15) is 22.2 Å². The summed E-state index contributed by atoms with van der Waals surface area (Å²) in [6, 6.07) is 8.83. The number of benzene rings is 1. The molecule has 3 heterocycles. The summed E-state index contributed by atoms with van der Waals surface area (Å²) in [6.07, 6.45) is 0. The van der Waals surface area contributed by atoms with E-state index in [1.807, 2.05) is 13.0 Å². The summed E-state index contributed by atoms with van der Waals surface area (Å²) in [5.74, 6) is -0.648. The van der Waals surface area contributed by atoms with Gasteiger partial charge in [-0.05, 0) is 36.1 Å². The number of fused-ring (bicyclic) bond motifs is 1. The lowest BCUT2D eigenvalue weighted by Gasteiger charge is -2.18. The van der Waals surface area contributed by atoms with E-state index in [1.165, 1.54) is 11.3 Å². The number of aromatic amines is 1. The molecule has 0 aliphatic carbocycles. The Hall–Kier alpha value is -2.98. The van der Waals surface area contributed by atoms with Gasteiger partial charge in [0, 0.05) is 5.39 Å². The number of thioether (sulfide) groups is 1. The molecule has 1 atom stereocenters. The maximum atomic E-state index is 12.0. The summed E-state index contributed by atoms with van der Waals surface area (Å²) < 4.78 is 0. The molecule has 0 radical (unpaired) electrons. The minimum atomic E-state index is -0.473. The summed E-state index contributed by atoms with van der Waals surface area (Å²) in [4.78, 5) is 26.7. The number of hydrogen-bond donors (Lipinski definition) is 3. The third-order valence-electron chi connectivity index (χ3n) is 3.96. The van der Waals surface area contributed by atoms with Gasteiger partial charge in [0.15, 0.2) is 5.69 Å². The van der Waals surface area contributed by atoms with Crippen LogP contribution < -0.4 is 5.43 Å². The number of azo groups is 1. The number of carbonyl (C=O) groups excluding carboxylic acids is 2. The fourth-order valence-corrected chi connectivity index (χ4v) is 4.03. The quantitative estimate of drug-likeness (QED) is 0.565. The van der Waals surface area contributed by atoms with Crippen molar-refractivity contribution >= 4 is 56.5 Å². The lowest BCUT2D eigenvalue weighted by molar-refractivity contribution is 0.0999. The van der Waals surface area contributed by atoms with Gasteiger partial charge in [-0.25, -0.2) is 5.43 Å². The van der Waals surface area contributed by atoms with Crippen LogP contribution in [0.3, 0.4) is 0 Å². The van der Waals surface area contributed by atoms with Gasteiger partial charge in [-0.2, -0.15) is 5.10 Å². The van der Waals surface area contributed by atoms with Crippen LogP contribution in [0.5, 0.6) is 5.88 Å². The van der Waals surface area contributed by atoms with Gasteiger partial charge in [0.1, 0.15) is 0 Å². The van der Waals surface area contributed by atoms with Gasteiger partial charge in [0.2, 0.25) is 5.88 Å². The number of thiophene rings is 1. The van der Waals surface area contributed by atoms with Crippen molar-refractivity contribution in [2.45, 2.75) is 12.2 Å². The molecule has 27 heavy (non-hydrogen) atoms. The van der Waals surface area contributed by atoms with Crippen molar-refractivity contribution in [2.24, 2.45) is 15.3 Å². The Balaban J connectivity index is 1.72. The smallest absolute Gasteiger partial charge is 0.305 e. The van der Waals surface area contributed by atoms with E-state index in [0.29, 0.717) is 21.5 Å². The first kappa shape index (κ1) is 17.4. The third kappa shape index (κ3) is 3.36. The topological polar surface area (TPSA) is 119 Å². The summed E-state index contributed by atoms with van der Waals surface area (Å²) in [7, 11) is 0. The molecule has 0 bridgehead atoms. The third-order valence-corrected chi connectivity index (χ3v) is 5.70. The first-order valence-corrected chi connectivity index (χ1v) is 9.67. The lowest BCUT2D eigenvalue weighted by atomic mass is 10.1. The molecule has 1 aromatic carbocycles. The Bertz CT molecular complexity index is 1100. The van der Waals surface area contributed by atoms with Crippen LogP contribution in [-0.4, -0.2) is 32.2 Å². The molecule has 1 unspecified atom stereocenters. The number of aromatic hydroxyl groups is 1. The highest BCUT2D eigenvalue weighted by Crippen LogP contribution is 2.37. The second-order valence-corrected chi connectivity index (χ2v) is 7.98. The number of amides is 2. The molecule has 10 heteroatoms. The average molecular weight is 399 g/mol. The number of nitrogens with one attached hydrogen (secondary N) is 2. The Kier molecular flexibility index (Phi) is 4.50. The zero-order valence-electron chi connectivity index (χ0n) is 14.0. The number of aromatic nitrogens is 1. The summed E-state index contributed by atoms with van der Waals surface area (Å²) >= 11 is 2.42. The Morgan fingerprint density at radius 2 is 2.19 bits per heavy atom. The van der Waals surface area contributed by atoms with Gasteiger partial charge in [-0.15, -0.1) is 21.6 Å². The number of nitrogens with zero attached hydrogens (tertiary/aromatic N) is 3. The highest BCUT2D eigenvalue weighted by Gasteiger charge is 2.23. The van der Waals surface area contributed by atoms with Crippen molar-refractivity contribution in [2.75, 3.05) is 0 Å². The number of H-pyrrole nitrogens is 1. The zero-order valence-corrected chi connectivity index (χ0v) is 15.6. The predicted molar refractivity (Wildman–Crippen MR) is 105 cm³/mol. The molecule has 0 fully saturated rings. The number of hydrogen-bond acceptors (Lipinski definition) is 7. The van der Waals surface area contributed by atoms with Gasteiger partial charge in [-0.1, -0.05) is 23.9 Å². The van der Waals surface area contributed by atoms with Crippen molar-refractivity contribution in [3.63, 3.8) is 0 Å². The second-order valence-electron chi connectivity index (χ2n) is 5.72. The minimum Gasteiger partial charge on any atom is -0.493 e. The molecule has 8 nitrogen and oxygen atoms in total. The largest absolute Gasteiger partial charge is 0.493 e. The summed E-state index contributed by atoms with van der Waals surface area (Å²) in [5, 5.41) is 24.0. The Morgan fingerprint density at radius 1 is 1.33 bits per heavy atom. The Morgan fingerprint density at radius 3 is 2.93 bits per heavy atom. The van der Waals surface area contributed by atoms with E-state index in [0.717, 1.165) is 17.3 Å². The fraction of sp³-hybridized carbons (Fsp3) is 0.118. The molecule has 1 aliphatic rings. The first-order valence-electron chi connectivity index (χ1n) is 7.92. The SMILES string of the molecule is CC1SC(=O)NN=C1c1ccc2[nH]c(O)c(N=NC(=O)c3cccs3)c2c1. The van der Waals surface area contributed by atoms with Crippen LogP contribution in [0.15, 0.2) is 51.0 Å². The van der Waals surface area contributed by atoms with E-state index >= 15 is 0 Å². The van der Waals surface area contributed by atoms with E-state index in [1.54, 1.807) is 29.6 Å². The van der Waals surface area contributed by atoms with Crippen molar-refractivity contribution in [3.05, 3.63) is 46.2 Å². The van der Waals surface area contributed by atoms with Crippen LogP contribution in [0.4, 0.5) is 10.5 Å². The fourth-order valence-electron chi connectivity index (χ4n) is 2.71. The zero-order chi connectivity index (χ0) is 19.0. The van der Waals surface area contributed by atoms with Crippen molar-refractivity contribution in [3.8, 4) is 5.88 Å². The maximum Gasteiger partial charge on any atom is 0.305 e. The van der Waals surface area contributed by atoms with Crippen LogP contribution >= 0.6 is 23.1 Å². The number of hydrazone groups is 1. The van der Waals surface area contributed by atoms with E-state index in [2.05, 4.69) is 25.7 Å². The van der Waals surface area contributed by atoms with Gasteiger partial charge in [-0.3, -0.25) is 9.59 Å². The van der Waals surface area contributed by atoms with E-state index in [4.69, 9.17) is 0 Å². The van der Waals surface area contributed by atoms with Crippen LogP contribution in [0.25, 0.3) is 10.9 Å². The average Bonchev–Trinajstić information content (AvgIpc) is 3.27. The number of carbonyl (C=O) groups is 2. The van der Waals surface area contributed by atoms with Crippen molar-refractivity contribution in [1.29, 1.82) is 0 Å². The molecule has 4 rings (SSSR count). The van der Waals surface area contributed by atoms with Crippen LogP contribution in [0, 0.1) is 0 Å². The van der Waals surface area contributed by atoms with Gasteiger partial charge in [0.05, 0.1) is 21.4 Å². The van der Waals surface area contributed by atoms with Crippen LogP contribution in [-0.2, 0) is 0 Å². The maximum absolute atomic E-state index is 12.0. The standard InChI is InChI=1S/C17H13N5O3S2/c1-8-13(19-22-17(25)27-8)9-4-5-11-10(7-9)14(16(24)18-11)20-21-15(23)12-3-2-6-26-12/h2-8,18,24H,1H3,(H,22,25). The minimum absolute atomic E-state index is 0.116. The monoisotopic (exact) mass is 399 g/mol. The lowest BCUT2D eigenvalue weighted by Crippen LogP contribution is -2.29. The van der Waals surface area contributed by atoms with E-state index < -0.39 is 5.91 Å². The summed E-state index contributed by atoms with van der Waals surface area (Å²) in [5.41, 5.74) is 4.77. The van der Waals surface area contributed by atoms with Gasteiger partial charge < -0.3 is 10.1 Å². The molecule has 1 aliphatic heterocycles. The summed E-state index contributed by atoms with van der Waals surface area (Å²) in [6.45, 7) is 1.89. The highest BCUT2D eigenvalue weighted by atomic mass is 32.2. The first-order chi connectivity index (χ1) is 13.0. The molecule has 0 saturated carbocycles. The van der Waals surface area contributed by atoms with Crippen molar-refractivity contribution < 1.29 is 14.7 Å². The normalized spacial score (nSPS) is 17.3. The number of rotatable bonds is 3. The molecular weight excluding hydrogens is 386 g/mol. The van der Waals surface area contributed by atoms with E-state index in [-0.39, 0.29) is 22.1 Å². The molecule has 136 valence electrons. The predicted octanol–water partition coefficient (Wildman–Crippen LogP) is 4.41. The van der Waals surface area contributed by atoms with E-state index in [9.17, 15) is 14.7 Å². The second kappa shape index (κ2) is 6.97. The molecule has 3 aromatic rings. The van der Waals surface area contributed by atoms with Gasteiger partial charge >= 0.3 is 5.91 Å². The molecule has 2 amide bonds. The Labute approximate surface area is 161 Å². The highest BCUT2D eigenvalue weighted by molar-refractivity contribution is 8.14.